The van der Waals surface area contributed by atoms with Crippen LogP contribution in [0.2, 0.25) is 0 Å². The number of primary sulfonamides is 1. The summed E-state index contributed by atoms with van der Waals surface area (Å²) in [5.74, 6) is 0.0580. The Morgan fingerprint density at radius 3 is 2.42 bits per heavy atom. The predicted molar refractivity (Wildman–Crippen MR) is 48.3 cm³/mol. The van der Waals surface area contributed by atoms with Crippen molar-refractivity contribution in [1.29, 1.82) is 0 Å². The molecule has 5 heteroatoms. The molecule has 0 aromatic heterocycles. The third-order valence-corrected chi connectivity index (χ3v) is 2.17. The van der Waals surface area contributed by atoms with E-state index in [2.05, 4.69) is 0 Å². The van der Waals surface area contributed by atoms with Crippen LogP contribution in [-0.2, 0) is 14.8 Å². The van der Waals surface area contributed by atoms with Crippen molar-refractivity contribution in [2.45, 2.75) is 26.2 Å². The first-order valence-electron chi connectivity index (χ1n) is 4.14. The molecule has 0 rings (SSSR count). The molecule has 0 radical (unpaired) electrons. The van der Waals surface area contributed by atoms with Gasteiger partial charge in [0.25, 0.3) is 0 Å². The van der Waals surface area contributed by atoms with Crippen LogP contribution in [0.25, 0.3) is 0 Å². The molecule has 0 aliphatic carbocycles. The molecule has 0 aliphatic rings. The Kier molecular flexibility index (Phi) is 6.32. The van der Waals surface area contributed by atoms with Crippen LogP contribution in [0.3, 0.4) is 0 Å². The highest BCUT2D eigenvalue weighted by molar-refractivity contribution is 7.89. The van der Waals surface area contributed by atoms with Gasteiger partial charge in [-0.1, -0.05) is 6.92 Å². The minimum absolute atomic E-state index is 0.0580. The van der Waals surface area contributed by atoms with Gasteiger partial charge in [-0.3, -0.25) is 0 Å². The van der Waals surface area contributed by atoms with Crippen molar-refractivity contribution in [1.82, 2.24) is 0 Å². The van der Waals surface area contributed by atoms with Crippen LogP contribution in [-0.4, -0.2) is 27.4 Å². The summed E-state index contributed by atoms with van der Waals surface area (Å²) in [4.78, 5) is 0. The maximum Gasteiger partial charge on any atom is 0.209 e. The predicted octanol–water partition coefficient (Wildman–Crippen LogP) is 0.482. The molecule has 0 atom stereocenters. The monoisotopic (exact) mass is 195 g/mol. The van der Waals surface area contributed by atoms with Crippen molar-refractivity contribution in [3.8, 4) is 0 Å². The van der Waals surface area contributed by atoms with E-state index in [9.17, 15) is 8.42 Å². The number of hydrogen-bond donors (Lipinski definition) is 1. The summed E-state index contributed by atoms with van der Waals surface area (Å²) >= 11 is 0. The molecule has 0 unspecified atom stereocenters. The minimum Gasteiger partial charge on any atom is -0.381 e. The minimum atomic E-state index is -3.27. The highest BCUT2D eigenvalue weighted by Gasteiger charge is 2.00. The van der Waals surface area contributed by atoms with E-state index in [1.165, 1.54) is 0 Å². The highest BCUT2D eigenvalue weighted by atomic mass is 32.2. The Balaban J connectivity index is 3.12. The number of hydrogen-bond acceptors (Lipinski definition) is 3. The molecular weight excluding hydrogens is 178 g/mol. The van der Waals surface area contributed by atoms with Crippen LogP contribution in [0, 0.1) is 0 Å². The summed E-state index contributed by atoms with van der Waals surface area (Å²) in [5, 5.41) is 4.81. The summed E-state index contributed by atoms with van der Waals surface area (Å²) in [7, 11) is -3.27. The zero-order chi connectivity index (χ0) is 9.45. The zero-order valence-corrected chi connectivity index (χ0v) is 8.27. The quantitative estimate of drug-likeness (QED) is 0.601. The molecular formula is C7H17NO3S. The average Bonchev–Trinajstić information content (AvgIpc) is 1.94. The van der Waals surface area contributed by atoms with Crippen LogP contribution in [0.15, 0.2) is 0 Å². The second-order valence-electron chi connectivity index (χ2n) is 2.69. The second kappa shape index (κ2) is 6.39. The molecule has 0 saturated carbocycles. The molecule has 12 heavy (non-hydrogen) atoms. The Morgan fingerprint density at radius 2 is 1.92 bits per heavy atom. The molecule has 0 bridgehead atoms. The van der Waals surface area contributed by atoms with Gasteiger partial charge < -0.3 is 4.74 Å². The van der Waals surface area contributed by atoms with Gasteiger partial charge in [-0.2, -0.15) is 0 Å². The van der Waals surface area contributed by atoms with Crippen molar-refractivity contribution < 1.29 is 13.2 Å². The molecule has 0 aromatic rings. The standard InChI is InChI=1S/C7H17NO3S/c1-2-5-11-6-3-4-7-12(8,9)10/h2-7H2,1H3,(H2,8,9,10). The van der Waals surface area contributed by atoms with E-state index in [4.69, 9.17) is 9.88 Å². The Labute approximate surface area is 74.1 Å². The fourth-order valence-electron chi connectivity index (χ4n) is 0.754. The van der Waals surface area contributed by atoms with Crippen molar-refractivity contribution in [2.75, 3.05) is 19.0 Å². The van der Waals surface area contributed by atoms with E-state index in [1.807, 2.05) is 6.92 Å². The van der Waals surface area contributed by atoms with E-state index in [1.54, 1.807) is 0 Å². The van der Waals surface area contributed by atoms with E-state index < -0.39 is 10.0 Å². The van der Waals surface area contributed by atoms with Gasteiger partial charge in [-0.15, -0.1) is 0 Å². The van der Waals surface area contributed by atoms with Gasteiger partial charge in [-0.25, -0.2) is 13.6 Å². The first-order chi connectivity index (χ1) is 5.56. The number of sulfonamides is 1. The molecule has 0 heterocycles. The van der Waals surface area contributed by atoms with Gasteiger partial charge >= 0.3 is 0 Å². The molecule has 0 saturated heterocycles. The van der Waals surface area contributed by atoms with Crippen LogP contribution >= 0.6 is 0 Å². The largest absolute Gasteiger partial charge is 0.381 e. The SMILES string of the molecule is CCCOCCCCS(N)(=O)=O. The molecule has 2 N–H and O–H groups in total. The number of unbranched alkanes of at least 4 members (excludes halogenated alkanes) is 1. The smallest absolute Gasteiger partial charge is 0.209 e. The fraction of sp³-hybridized carbons (Fsp3) is 1.00. The number of rotatable bonds is 7. The Bertz CT molecular complexity index is 189. The van der Waals surface area contributed by atoms with Crippen LogP contribution in [0.4, 0.5) is 0 Å². The van der Waals surface area contributed by atoms with Crippen molar-refractivity contribution in [3.05, 3.63) is 0 Å². The summed E-state index contributed by atoms with van der Waals surface area (Å²) in [6.07, 6.45) is 2.34. The highest BCUT2D eigenvalue weighted by Crippen LogP contribution is 1.93. The van der Waals surface area contributed by atoms with Gasteiger partial charge in [0.15, 0.2) is 0 Å². The van der Waals surface area contributed by atoms with Crippen molar-refractivity contribution in [2.24, 2.45) is 5.14 Å². The van der Waals surface area contributed by atoms with Gasteiger partial charge in [0.2, 0.25) is 10.0 Å². The normalized spacial score (nSPS) is 11.8. The summed E-state index contributed by atoms with van der Waals surface area (Å²) in [5.41, 5.74) is 0. The number of ether oxygens (including phenoxy) is 1. The second-order valence-corrected chi connectivity index (χ2v) is 4.42. The Morgan fingerprint density at radius 1 is 1.25 bits per heavy atom. The summed E-state index contributed by atoms with van der Waals surface area (Å²) < 4.78 is 26.1. The molecule has 74 valence electrons. The molecule has 4 nitrogen and oxygen atoms in total. The molecule has 0 aliphatic heterocycles. The molecule has 0 aromatic carbocycles. The van der Waals surface area contributed by atoms with Gasteiger partial charge in [0.05, 0.1) is 5.75 Å². The van der Waals surface area contributed by atoms with Crippen LogP contribution in [0.1, 0.15) is 26.2 Å². The first kappa shape index (κ1) is 11.9. The third kappa shape index (κ3) is 9.87. The summed E-state index contributed by atoms with van der Waals surface area (Å²) in [6, 6.07) is 0. The van der Waals surface area contributed by atoms with Crippen LogP contribution < -0.4 is 5.14 Å². The van der Waals surface area contributed by atoms with Gasteiger partial charge in [0.1, 0.15) is 0 Å². The zero-order valence-electron chi connectivity index (χ0n) is 7.45. The lowest BCUT2D eigenvalue weighted by atomic mass is 10.4. The van der Waals surface area contributed by atoms with Gasteiger partial charge in [-0.05, 0) is 19.3 Å². The lowest BCUT2D eigenvalue weighted by molar-refractivity contribution is 0.132. The summed E-state index contributed by atoms with van der Waals surface area (Å²) in [6.45, 7) is 3.41. The molecule has 0 spiro atoms. The van der Waals surface area contributed by atoms with Crippen molar-refractivity contribution in [3.63, 3.8) is 0 Å². The maximum atomic E-state index is 10.5. The lowest BCUT2D eigenvalue weighted by Crippen LogP contribution is -2.16. The Hall–Kier alpha value is -0.130. The maximum absolute atomic E-state index is 10.5. The average molecular weight is 195 g/mol. The van der Waals surface area contributed by atoms with E-state index in [-0.39, 0.29) is 5.75 Å². The van der Waals surface area contributed by atoms with E-state index >= 15 is 0 Å². The number of nitrogens with two attached hydrogens (primary N) is 1. The third-order valence-electron chi connectivity index (χ3n) is 1.32. The molecule has 0 fully saturated rings. The fourth-order valence-corrected chi connectivity index (χ4v) is 1.36. The molecule has 0 amide bonds. The topological polar surface area (TPSA) is 69.4 Å². The van der Waals surface area contributed by atoms with Gasteiger partial charge in [0, 0.05) is 13.2 Å². The first-order valence-corrected chi connectivity index (χ1v) is 5.86. The lowest BCUT2D eigenvalue weighted by Gasteiger charge is -2.00. The van der Waals surface area contributed by atoms with Crippen molar-refractivity contribution >= 4 is 10.0 Å². The van der Waals surface area contributed by atoms with E-state index in [0.717, 1.165) is 19.4 Å². The van der Waals surface area contributed by atoms with E-state index in [0.29, 0.717) is 13.0 Å². The van der Waals surface area contributed by atoms with Crippen LogP contribution in [0.5, 0.6) is 0 Å².